The highest BCUT2D eigenvalue weighted by Crippen LogP contribution is 2.27. The van der Waals surface area contributed by atoms with E-state index in [-0.39, 0.29) is 18.4 Å². The third kappa shape index (κ3) is 3.57. The summed E-state index contributed by atoms with van der Waals surface area (Å²) in [5, 5.41) is 3.65. The molecular weight excluding hydrogens is 342 g/mol. The Hall–Kier alpha value is -3.48. The highest BCUT2D eigenvalue weighted by Gasteiger charge is 2.22. The number of hydrogen-bond donors (Lipinski definition) is 2. The van der Waals surface area contributed by atoms with Crippen LogP contribution in [-0.4, -0.2) is 39.8 Å². The molecule has 1 saturated heterocycles. The van der Waals surface area contributed by atoms with E-state index in [4.69, 9.17) is 5.73 Å². The number of nitrogen functional groups attached to an aromatic ring is 1. The fourth-order valence-electron chi connectivity index (χ4n) is 3.28. The Balaban J connectivity index is 1.54. The fourth-order valence-corrected chi connectivity index (χ4v) is 3.28. The van der Waals surface area contributed by atoms with E-state index < -0.39 is 0 Å². The molecular formula is C20H19N5O2. The molecule has 4 rings (SSSR count). The first-order chi connectivity index (χ1) is 13.1. The van der Waals surface area contributed by atoms with Gasteiger partial charge in [-0.25, -0.2) is 9.97 Å². The van der Waals surface area contributed by atoms with E-state index in [9.17, 15) is 9.59 Å². The number of carbonyl (C=O) groups excluding carboxylic acids is 2. The van der Waals surface area contributed by atoms with Crippen molar-refractivity contribution in [3.05, 3.63) is 48.8 Å². The van der Waals surface area contributed by atoms with Crippen molar-refractivity contribution in [3.63, 3.8) is 0 Å². The summed E-state index contributed by atoms with van der Waals surface area (Å²) in [5.41, 5.74) is 9.31. The second kappa shape index (κ2) is 7.03. The first-order valence-corrected chi connectivity index (χ1v) is 8.78. The molecule has 2 heterocycles. The summed E-state index contributed by atoms with van der Waals surface area (Å²) in [6.45, 7) is 0.736. The summed E-state index contributed by atoms with van der Waals surface area (Å²) in [6, 6.07) is 13.3. The molecule has 2 aromatic carbocycles. The summed E-state index contributed by atoms with van der Waals surface area (Å²) in [7, 11) is 0. The van der Waals surface area contributed by atoms with Gasteiger partial charge in [0.2, 0.25) is 11.8 Å². The molecule has 0 atom stereocenters. The van der Waals surface area contributed by atoms with Crippen LogP contribution < -0.4 is 11.1 Å². The molecule has 7 nitrogen and oxygen atoms in total. The largest absolute Gasteiger partial charge is 0.383 e. The molecule has 7 heteroatoms. The highest BCUT2D eigenvalue weighted by molar-refractivity contribution is 5.96. The molecule has 0 saturated carbocycles. The lowest BCUT2D eigenvalue weighted by atomic mass is 10.0. The van der Waals surface area contributed by atoms with Gasteiger partial charge in [-0.3, -0.25) is 9.59 Å². The molecule has 0 radical (unpaired) electrons. The molecule has 3 N–H and O–H groups in total. The molecule has 2 amide bonds. The number of amides is 2. The average molecular weight is 361 g/mol. The van der Waals surface area contributed by atoms with E-state index in [1.54, 1.807) is 4.90 Å². The van der Waals surface area contributed by atoms with Crippen LogP contribution in [0.15, 0.2) is 48.8 Å². The third-order valence-corrected chi connectivity index (χ3v) is 4.65. The molecule has 1 aliphatic rings. The van der Waals surface area contributed by atoms with Gasteiger partial charge in [-0.05, 0) is 41.8 Å². The van der Waals surface area contributed by atoms with Crippen molar-refractivity contribution in [2.45, 2.75) is 12.8 Å². The van der Waals surface area contributed by atoms with E-state index >= 15 is 0 Å². The fraction of sp³-hybridized carbons (Fsp3) is 0.200. The minimum Gasteiger partial charge on any atom is -0.383 e. The molecule has 3 aromatic rings. The van der Waals surface area contributed by atoms with Crippen LogP contribution in [0, 0.1) is 0 Å². The molecule has 0 aliphatic carbocycles. The molecule has 1 aliphatic heterocycles. The number of likely N-dealkylation sites (tertiary alicyclic amines) is 1. The zero-order valence-electron chi connectivity index (χ0n) is 14.7. The lowest BCUT2D eigenvalue weighted by Crippen LogP contribution is -2.33. The van der Waals surface area contributed by atoms with Crippen molar-refractivity contribution < 1.29 is 9.59 Å². The maximum atomic E-state index is 12.2. The summed E-state index contributed by atoms with van der Waals surface area (Å²) >= 11 is 0. The Bertz CT molecular complexity index is 1030. The SMILES string of the molecule is Nc1ncnc2ccc(-c3cccc(NC(=O)CN4CCCC4=O)c3)cc12. The van der Waals surface area contributed by atoms with E-state index in [2.05, 4.69) is 15.3 Å². The van der Waals surface area contributed by atoms with Crippen LogP contribution in [0.25, 0.3) is 22.0 Å². The Labute approximate surface area is 156 Å². The number of rotatable bonds is 4. The molecule has 0 spiro atoms. The van der Waals surface area contributed by atoms with Gasteiger partial charge in [0.25, 0.3) is 0 Å². The second-order valence-electron chi connectivity index (χ2n) is 6.54. The zero-order chi connectivity index (χ0) is 18.8. The quantitative estimate of drug-likeness (QED) is 0.743. The van der Waals surface area contributed by atoms with Crippen LogP contribution >= 0.6 is 0 Å². The zero-order valence-corrected chi connectivity index (χ0v) is 14.7. The minimum atomic E-state index is -0.196. The summed E-state index contributed by atoms with van der Waals surface area (Å²) in [4.78, 5) is 33.7. The number of nitrogens with one attached hydrogen (secondary N) is 1. The van der Waals surface area contributed by atoms with Crippen LogP contribution in [0.2, 0.25) is 0 Å². The lowest BCUT2D eigenvalue weighted by Gasteiger charge is -2.15. The van der Waals surface area contributed by atoms with E-state index in [0.29, 0.717) is 24.5 Å². The van der Waals surface area contributed by atoms with Crippen LogP contribution in [0.4, 0.5) is 11.5 Å². The predicted molar refractivity (Wildman–Crippen MR) is 104 cm³/mol. The number of benzene rings is 2. The summed E-state index contributed by atoms with van der Waals surface area (Å²) in [5.74, 6) is 0.273. The van der Waals surface area contributed by atoms with Gasteiger partial charge in [-0.15, -0.1) is 0 Å². The van der Waals surface area contributed by atoms with Gasteiger partial charge in [-0.1, -0.05) is 18.2 Å². The smallest absolute Gasteiger partial charge is 0.243 e. The molecule has 0 unspecified atom stereocenters. The van der Waals surface area contributed by atoms with Crippen LogP contribution in [0.5, 0.6) is 0 Å². The Kier molecular flexibility index (Phi) is 4.42. The number of carbonyl (C=O) groups is 2. The molecule has 0 bridgehead atoms. The first-order valence-electron chi connectivity index (χ1n) is 8.78. The van der Waals surface area contributed by atoms with Gasteiger partial charge in [0.05, 0.1) is 12.1 Å². The molecule has 27 heavy (non-hydrogen) atoms. The Morgan fingerprint density at radius 2 is 2.00 bits per heavy atom. The van der Waals surface area contributed by atoms with Gasteiger partial charge >= 0.3 is 0 Å². The van der Waals surface area contributed by atoms with Gasteiger partial charge in [0.1, 0.15) is 12.1 Å². The predicted octanol–water partition coefficient (Wildman–Crippen LogP) is 2.44. The van der Waals surface area contributed by atoms with Gasteiger partial charge in [-0.2, -0.15) is 0 Å². The number of aromatic nitrogens is 2. The number of anilines is 2. The van der Waals surface area contributed by atoms with E-state index in [1.165, 1.54) is 6.33 Å². The topological polar surface area (TPSA) is 101 Å². The Morgan fingerprint density at radius 3 is 2.81 bits per heavy atom. The second-order valence-corrected chi connectivity index (χ2v) is 6.54. The lowest BCUT2D eigenvalue weighted by molar-refractivity contribution is -0.131. The van der Waals surface area contributed by atoms with E-state index in [1.807, 2.05) is 42.5 Å². The van der Waals surface area contributed by atoms with Crippen molar-refractivity contribution >= 4 is 34.2 Å². The number of hydrogen-bond acceptors (Lipinski definition) is 5. The maximum absolute atomic E-state index is 12.2. The van der Waals surface area contributed by atoms with Gasteiger partial charge < -0.3 is 16.0 Å². The monoisotopic (exact) mass is 361 g/mol. The van der Waals surface area contributed by atoms with Crippen LogP contribution in [-0.2, 0) is 9.59 Å². The van der Waals surface area contributed by atoms with Gasteiger partial charge in [0.15, 0.2) is 0 Å². The average Bonchev–Trinajstić information content (AvgIpc) is 3.06. The van der Waals surface area contributed by atoms with Crippen LogP contribution in [0.3, 0.4) is 0 Å². The first kappa shape index (κ1) is 17.0. The van der Waals surface area contributed by atoms with Crippen molar-refractivity contribution in [3.8, 4) is 11.1 Å². The summed E-state index contributed by atoms with van der Waals surface area (Å²) < 4.78 is 0. The van der Waals surface area contributed by atoms with Crippen molar-refractivity contribution in [1.29, 1.82) is 0 Å². The van der Waals surface area contributed by atoms with Gasteiger partial charge in [0, 0.05) is 24.0 Å². The normalized spacial score (nSPS) is 13.9. The number of nitrogens with two attached hydrogens (primary N) is 1. The van der Waals surface area contributed by atoms with Crippen molar-refractivity contribution in [2.24, 2.45) is 0 Å². The highest BCUT2D eigenvalue weighted by atomic mass is 16.2. The summed E-state index contributed by atoms with van der Waals surface area (Å²) in [6.07, 6.45) is 2.78. The van der Waals surface area contributed by atoms with Crippen molar-refractivity contribution in [2.75, 3.05) is 24.1 Å². The number of nitrogens with zero attached hydrogens (tertiary/aromatic N) is 3. The van der Waals surface area contributed by atoms with Crippen LogP contribution in [0.1, 0.15) is 12.8 Å². The van der Waals surface area contributed by atoms with E-state index in [0.717, 1.165) is 28.5 Å². The number of fused-ring (bicyclic) bond motifs is 1. The molecule has 1 fully saturated rings. The minimum absolute atomic E-state index is 0.0369. The maximum Gasteiger partial charge on any atom is 0.243 e. The molecule has 1 aromatic heterocycles. The molecule has 136 valence electrons. The standard InChI is InChI=1S/C20H19N5O2/c21-20-16-10-14(6-7-17(16)22-12-23-20)13-3-1-4-15(9-13)24-18(26)11-25-8-2-5-19(25)27/h1,3-4,6-7,9-10,12H,2,5,8,11H2,(H,24,26)(H2,21,22,23). The Morgan fingerprint density at radius 1 is 1.15 bits per heavy atom. The third-order valence-electron chi connectivity index (χ3n) is 4.65. The van der Waals surface area contributed by atoms with Crippen molar-refractivity contribution in [1.82, 2.24) is 14.9 Å².